The van der Waals surface area contributed by atoms with Crippen LogP contribution >= 0.6 is 24.0 Å². The van der Waals surface area contributed by atoms with E-state index >= 15 is 0 Å². The Bertz CT molecular complexity index is 477. The maximum Gasteiger partial charge on any atom is 0.323 e. The molecule has 126 valence electrons. The molecule has 0 heterocycles. The molecule has 0 aliphatic rings. The minimum atomic E-state index is -0.706. The maximum absolute atomic E-state index is 13.3. The van der Waals surface area contributed by atoms with Gasteiger partial charge in [0.05, 0.1) is 0 Å². The van der Waals surface area contributed by atoms with Crippen molar-refractivity contribution in [1.82, 2.24) is 0 Å². The van der Waals surface area contributed by atoms with E-state index in [2.05, 4.69) is 0 Å². The van der Waals surface area contributed by atoms with E-state index in [0.29, 0.717) is 0 Å². The topological polar surface area (TPSA) is 61.5 Å². The van der Waals surface area contributed by atoms with Crippen molar-refractivity contribution in [2.24, 2.45) is 11.7 Å². The van der Waals surface area contributed by atoms with E-state index in [0.717, 1.165) is 0 Å². The van der Waals surface area contributed by atoms with Crippen LogP contribution in [0.5, 0.6) is 5.75 Å². The normalized spacial score (nSPS) is 14.7. The summed E-state index contributed by atoms with van der Waals surface area (Å²) in [6, 6.07) is 3.22. The van der Waals surface area contributed by atoms with Crippen molar-refractivity contribution in [3.8, 4) is 5.75 Å². The first kappa shape index (κ1) is 21.0. The first-order valence-electron chi connectivity index (χ1n) is 6.79. The zero-order valence-corrected chi connectivity index (χ0v) is 14.6. The molecular formula is C15H22Cl2FNO3. The quantitative estimate of drug-likeness (QED) is 0.794. The molecule has 0 aliphatic carbocycles. The number of hydrogen-bond acceptors (Lipinski definition) is 4. The van der Waals surface area contributed by atoms with Gasteiger partial charge in [0, 0.05) is 11.1 Å². The third kappa shape index (κ3) is 6.38. The van der Waals surface area contributed by atoms with E-state index in [9.17, 15) is 9.18 Å². The second-order valence-corrected chi connectivity index (χ2v) is 5.80. The lowest BCUT2D eigenvalue weighted by molar-refractivity contribution is -0.157. The van der Waals surface area contributed by atoms with Gasteiger partial charge >= 0.3 is 5.97 Å². The smallest absolute Gasteiger partial charge is 0.323 e. The summed E-state index contributed by atoms with van der Waals surface area (Å²) in [4.78, 5) is 11.6. The average molecular weight is 354 g/mol. The van der Waals surface area contributed by atoms with Gasteiger partial charge in [0.25, 0.3) is 0 Å². The van der Waals surface area contributed by atoms with Crippen LogP contribution in [0, 0.1) is 11.7 Å². The number of ether oxygens (including phenoxy) is 2. The van der Waals surface area contributed by atoms with Crippen molar-refractivity contribution >= 4 is 30.0 Å². The number of esters is 1. The molecule has 4 nitrogen and oxygen atoms in total. The summed E-state index contributed by atoms with van der Waals surface area (Å²) in [6.45, 7) is 7.10. The summed E-state index contributed by atoms with van der Waals surface area (Å²) in [5.74, 6) is -0.679. The first-order chi connectivity index (χ1) is 9.70. The number of rotatable bonds is 6. The Labute approximate surface area is 141 Å². The SMILES string of the molecule is CC(C)C(OC(=O)[C@H](C)N)C(C)Oc1cc(F)cc(Cl)c1.Cl. The molecule has 1 aromatic carbocycles. The largest absolute Gasteiger partial charge is 0.487 e. The Balaban J connectivity index is 0.00000441. The third-order valence-corrected chi connectivity index (χ3v) is 3.12. The van der Waals surface area contributed by atoms with Crippen LogP contribution in [0.15, 0.2) is 18.2 Å². The number of carbonyl (C=O) groups is 1. The highest BCUT2D eigenvalue weighted by molar-refractivity contribution is 6.30. The van der Waals surface area contributed by atoms with Crippen LogP contribution < -0.4 is 10.5 Å². The number of halogens is 3. The summed E-state index contributed by atoms with van der Waals surface area (Å²) in [7, 11) is 0. The van der Waals surface area contributed by atoms with Crippen molar-refractivity contribution in [2.75, 3.05) is 0 Å². The van der Waals surface area contributed by atoms with Gasteiger partial charge in [-0.2, -0.15) is 0 Å². The van der Waals surface area contributed by atoms with Crippen molar-refractivity contribution in [1.29, 1.82) is 0 Å². The molecule has 0 bridgehead atoms. The highest BCUT2D eigenvalue weighted by atomic mass is 35.5. The summed E-state index contributed by atoms with van der Waals surface area (Å²) >= 11 is 5.78. The van der Waals surface area contributed by atoms with Crippen LogP contribution in [-0.2, 0) is 9.53 Å². The van der Waals surface area contributed by atoms with Crippen LogP contribution in [0.2, 0.25) is 5.02 Å². The summed E-state index contributed by atoms with van der Waals surface area (Å²) in [5, 5.41) is 0.242. The molecule has 3 atom stereocenters. The van der Waals surface area contributed by atoms with Crippen molar-refractivity contribution < 1.29 is 18.7 Å². The Morgan fingerprint density at radius 2 is 1.82 bits per heavy atom. The minimum absolute atomic E-state index is 0. The lowest BCUT2D eigenvalue weighted by Crippen LogP contribution is -2.41. The Kier molecular flexibility index (Phi) is 8.74. The molecule has 0 amide bonds. The van der Waals surface area contributed by atoms with Gasteiger partial charge < -0.3 is 15.2 Å². The predicted octanol–water partition coefficient (Wildman–Crippen LogP) is 3.58. The predicted molar refractivity (Wildman–Crippen MR) is 87.1 cm³/mol. The second-order valence-electron chi connectivity index (χ2n) is 5.36. The molecule has 7 heteroatoms. The van der Waals surface area contributed by atoms with Crippen molar-refractivity contribution in [3.63, 3.8) is 0 Å². The highest BCUT2D eigenvalue weighted by Gasteiger charge is 2.27. The lowest BCUT2D eigenvalue weighted by Gasteiger charge is -2.28. The van der Waals surface area contributed by atoms with Gasteiger partial charge in [0.2, 0.25) is 0 Å². The zero-order chi connectivity index (χ0) is 16.2. The number of nitrogens with two attached hydrogens (primary N) is 1. The van der Waals surface area contributed by atoms with E-state index in [-0.39, 0.29) is 29.1 Å². The van der Waals surface area contributed by atoms with E-state index in [1.54, 1.807) is 13.8 Å². The van der Waals surface area contributed by atoms with Crippen LogP contribution in [0.25, 0.3) is 0 Å². The summed E-state index contributed by atoms with van der Waals surface area (Å²) in [6.07, 6.45) is -0.962. The monoisotopic (exact) mass is 353 g/mol. The van der Waals surface area contributed by atoms with Gasteiger partial charge in [-0.1, -0.05) is 25.4 Å². The summed E-state index contributed by atoms with van der Waals surface area (Å²) in [5.41, 5.74) is 5.49. The lowest BCUT2D eigenvalue weighted by atomic mass is 10.0. The van der Waals surface area contributed by atoms with Gasteiger partial charge in [0.1, 0.15) is 29.8 Å². The average Bonchev–Trinajstić information content (AvgIpc) is 2.33. The highest BCUT2D eigenvalue weighted by Crippen LogP contribution is 2.23. The van der Waals surface area contributed by atoms with Crippen LogP contribution in [0.4, 0.5) is 4.39 Å². The molecule has 0 aromatic heterocycles. The number of carbonyl (C=O) groups excluding carboxylic acids is 1. The van der Waals surface area contributed by atoms with E-state index in [4.69, 9.17) is 26.8 Å². The van der Waals surface area contributed by atoms with Crippen LogP contribution in [0.1, 0.15) is 27.7 Å². The molecule has 0 saturated carbocycles. The molecule has 2 unspecified atom stereocenters. The van der Waals surface area contributed by atoms with Gasteiger partial charge in [-0.15, -0.1) is 12.4 Å². The zero-order valence-electron chi connectivity index (χ0n) is 13.0. The van der Waals surface area contributed by atoms with Crippen LogP contribution in [-0.4, -0.2) is 24.2 Å². The second kappa shape index (κ2) is 9.18. The molecule has 0 saturated heterocycles. The molecule has 22 heavy (non-hydrogen) atoms. The molecule has 0 spiro atoms. The fourth-order valence-corrected chi connectivity index (χ4v) is 2.11. The van der Waals surface area contributed by atoms with Crippen molar-refractivity contribution in [2.45, 2.75) is 45.9 Å². The number of benzene rings is 1. The molecule has 0 fully saturated rings. The molecule has 0 aliphatic heterocycles. The molecular weight excluding hydrogens is 332 g/mol. The summed E-state index contributed by atoms with van der Waals surface area (Å²) < 4.78 is 24.3. The Hall–Kier alpha value is -1.04. The fraction of sp³-hybridized carbons (Fsp3) is 0.533. The van der Waals surface area contributed by atoms with Crippen molar-refractivity contribution in [3.05, 3.63) is 29.0 Å². The standard InChI is InChI=1S/C15H21ClFNO3.ClH/c1-8(2)14(21-15(19)9(3)18)10(4)20-13-6-11(16)5-12(17)7-13;/h5-10,14H,18H2,1-4H3;1H/t9-,10?,14?;/m0./s1. The molecule has 2 N–H and O–H groups in total. The Morgan fingerprint density at radius 3 is 2.27 bits per heavy atom. The molecule has 1 aromatic rings. The first-order valence-corrected chi connectivity index (χ1v) is 7.17. The van der Waals surface area contributed by atoms with Crippen LogP contribution in [0.3, 0.4) is 0 Å². The minimum Gasteiger partial charge on any atom is -0.487 e. The van der Waals surface area contributed by atoms with Gasteiger partial charge in [-0.05, 0) is 31.9 Å². The van der Waals surface area contributed by atoms with E-state index in [1.165, 1.54) is 18.2 Å². The molecule has 0 radical (unpaired) electrons. The fourth-order valence-electron chi connectivity index (χ4n) is 1.89. The third-order valence-electron chi connectivity index (χ3n) is 2.90. The van der Waals surface area contributed by atoms with Gasteiger partial charge in [-0.25, -0.2) is 4.39 Å². The van der Waals surface area contributed by atoms with E-state index < -0.39 is 30.0 Å². The molecule has 1 rings (SSSR count). The Morgan fingerprint density at radius 1 is 1.23 bits per heavy atom. The van der Waals surface area contributed by atoms with Gasteiger partial charge in [-0.3, -0.25) is 4.79 Å². The number of hydrogen-bond donors (Lipinski definition) is 1. The van der Waals surface area contributed by atoms with E-state index in [1.807, 2.05) is 13.8 Å². The van der Waals surface area contributed by atoms with Gasteiger partial charge in [0.15, 0.2) is 0 Å². The maximum atomic E-state index is 13.3.